The van der Waals surface area contributed by atoms with E-state index in [1.807, 2.05) is 12.1 Å². The first-order valence-corrected chi connectivity index (χ1v) is 12.9. The Kier molecular flexibility index (Phi) is 4.55. The van der Waals surface area contributed by atoms with Crippen LogP contribution in [0, 0.1) is 0 Å². The van der Waals surface area contributed by atoms with E-state index in [9.17, 15) is 0 Å². The molecule has 0 saturated heterocycles. The van der Waals surface area contributed by atoms with Crippen LogP contribution in [0.15, 0.2) is 144 Å². The Hall–Kier alpha value is -5.08. The van der Waals surface area contributed by atoms with Crippen LogP contribution >= 0.6 is 0 Å². The second-order valence-corrected chi connectivity index (χ2v) is 9.78. The van der Waals surface area contributed by atoms with Gasteiger partial charge in [-0.25, -0.2) is 0 Å². The molecule has 0 amide bonds. The van der Waals surface area contributed by atoms with Gasteiger partial charge in [-0.15, -0.1) is 0 Å². The maximum Gasteiger partial charge on any atom is 0.159 e. The highest BCUT2D eigenvalue weighted by Gasteiger charge is 2.19. The van der Waals surface area contributed by atoms with Crippen molar-refractivity contribution in [3.8, 4) is 0 Å². The number of para-hydroxylation sites is 3. The van der Waals surface area contributed by atoms with E-state index in [0.29, 0.717) is 0 Å². The molecule has 0 spiro atoms. The highest BCUT2D eigenvalue weighted by molar-refractivity contribution is 6.18. The minimum Gasteiger partial charge on any atom is -0.454 e. The van der Waals surface area contributed by atoms with Crippen LogP contribution < -0.4 is 4.90 Å². The summed E-state index contributed by atoms with van der Waals surface area (Å²) in [6, 6.07) is 49.6. The summed E-state index contributed by atoms with van der Waals surface area (Å²) in [5, 5.41) is 9.85. The molecular weight excluding hydrogens is 462 g/mol. The van der Waals surface area contributed by atoms with E-state index in [1.54, 1.807) is 0 Å². The number of anilines is 3. The Morgan fingerprint density at radius 3 is 1.92 bits per heavy atom. The Morgan fingerprint density at radius 2 is 1.05 bits per heavy atom. The Bertz CT molecular complexity index is 2140. The first kappa shape index (κ1) is 21.0. The molecule has 8 rings (SSSR count). The van der Waals surface area contributed by atoms with E-state index < -0.39 is 0 Å². The fourth-order valence-electron chi connectivity index (χ4n) is 5.87. The molecule has 7 aromatic carbocycles. The topological polar surface area (TPSA) is 16.4 Å². The third-order valence-electron chi connectivity index (χ3n) is 7.62. The molecular formula is C36H23NO. The summed E-state index contributed by atoms with van der Waals surface area (Å²) in [6.45, 7) is 0. The molecule has 38 heavy (non-hydrogen) atoms. The van der Waals surface area contributed by atoms with Crippen molar-refractivity contribution in [2.75, 3.05) is 4.90 Å². The predicted octanol–water partition coefficient (Wildman–Crippen LogP) is 10.5. The quantitative estimate of drug-likeness (QED) is 0.231. The van der Waals surface area contributed by atoms with Crippen molar-refractivity contribution in [2.45, 2.75) is 0 Å². The summed E-state index contributed by atoms with van der Waals surface area (Å²) in [7, 11) is 0. The molecule has 0 aliphatic carbocycles. The van der Waals surface area contributed by atoms with Crippen molar-refractivity contribution in [3.63, 3.8) is 0 Å². The number of fused-ring (bicyclic) bond motifs is 8. The number of benzene rings is 7. The van der Waals surface area contributed by atoms with Crippen LogP contribution in [0.4, 0.5) is 17.1 Å². The third kappa shape index (κ3) is 3.14. The van der Waals surface area contributed by atoms with Gasteiger partial charge >= 0.3 is 0 Å². The van der Waals surface area contributed by atoms with Crippen molar-refractivity contribution >= 4 is 71.3 Å². The van der Waals surface area contributed by atoms with Gasteiger partial charge in [-0.2, -0.15) is 0 Å². The molecule has 0 radical (unpaired) electrons. The molecule has 0 fully saturated rings. The van der Waals surface area contributed by atoms with Gasteiger partial charge in [-0.05, 0) is 68.7 Å². The van der Waals surface area contributed by atoms with Crippen molar-refractivity contribution in [3.05, 3.63) is 140 Å². The van der Waals surface area contributed by atoms with Gasteiger partial charge < -0.3 is 9.32 Å². The van der Waals surface area contributed by atoms with E-state index in [1.165, 1.54) is 32.3 Å². The highest BCUT2D eigenvalue weighted by Crippen LogP contribution is 2.43. The van der Waals surface area contributed by atoms with Crippen LogP contribution in [0.3, 0.4) is 0 Å². The molecule has 178 valence electrons. The minimum atomic E-state index is 0.891. The smallest absolute Gasteiger partial charge is 0.159 e. The normalized spacial score (nSPS) is 11.7. The summed E-state index contributed by atoms with van der Waals surface area (Å²) in [6.07, 6.45) is 0. The van der Waals surface area contributed by atoms with E-state index in [0.717, 1.165) is 39.0 Å². The number of nitrogens with zero attached hydrogens (tertiary/aromatic N) is 1. The Balaban J connectivity index is 1.38. The standard InChI is InChI=1S/C36H23NO/c1-2-10-26(11-3-1)37(34-15-8-14-33-32-13-6-7-16-35(32)38-36(33)34)27-19-22-29-25(23-27)18-21-30-28-12-5-4-9-24(28)17-20-31(29)30/h1-23H. The second kappa shape index (κ2) is 8.22. The van der Waals surface area contributed by atoms with Crippen molar-refractivity contribution in [1.82, 2.24) is 0 Å². The molecule has 0 saturated carbocycles. The molecule has 0 aliphatic rings. The molecule has 2 nitrogen and oxygen atoms in total. The number of hydrogen-bond donors (Lipinski definition) is 0. The number of furan rings is 1. The summed E-state index contributed by atoms with van der Waals surface area (Å²) in [5.74, 6) is 0. The zero-order chi connectivity index (χ0) is 25.1. The van der Waals surface area contributed by atoms with Crippen molar-refractivity contribution in [1.29, 1.82) is 0 Å². The lowest BCUT2D eigenvalue weighted by atomic mass is 9.96. The average molecular weight is 486 g/mol. The van der Waals surface area contributed by atoms with E-state index in [-0.39, 0.29) is 0 Å². The van der Waals surface area contributed by atoms with Crippen LogP contribution in [-0.2, 0) is 0 Å². The maximum absolute atomic E-state index is 6.45. The third-order valence-corrected chi connectivity index (χ3v) is 7.62. The zero-order valence-electron chi connectivity index (χ0n) is 20.6. The Labute approximate surface area is 220 Å². The van der Waals surface area contributed by atoms with Crippen LogP contribution in [0.2, 0.25) is 0 Å². The lowest BCUT2D eigenvalue weighted by Gasteiger charge is -2.26. The summed E-state index contributed by atoms with van der Waals surface area (Å²) in [5.41, 5.74) is 5.00. The molecule has 0 bridgehead atoms. The molecule has 0 aliphatic heterocycles. The first-order valence-electron chi connectivity index (χ1n) is 12.9. The lowest BCUT2D eigenvalue weighted by molar-refractivity contribution is 0.669. The molecule has 8 aromatic rings. The van der Waals surface area contributed by atoms with Gasteiger partial charge in [-0.3, -0.25) is 0 Å². The number of rotatable bonds is 3. The van der Waals surface area contributed by atoms with Gasteiger partial charge in [0.05, 0.1) is 5.69 Å². The van der Waals surface area contributed by atoms with Crippen LogP contribution in [-0.4, -0.2) is 0 Å². The summed E-state index contributed by atoms with van der Waals surface area (Å²) in [4.78, 5) is 2.30. The fourth-order valence-corrected chi connectivity index (χ4v) is 5.87. The predicted molar refractivity (Wildman–Crippen MR) is 161 cm³/mol. The van der Waals surface area contributed by atoms with Gasteiger partial charge in [0.15, 0.2) is 5.58 Å². The second-order valence-electron chi connectivity index (χ2n) is 9.78. The molecule has 0 atom stereocenters. The van der Waals surface area contributed by atoms with E-state index >= 15 is 0 Å². The lowest BCUT2D eigenvalue weighted by Crippen LogP contribution is -2.10. The van der Waals surface area contributed by atoms with Crippen LogP contribution in [0.5, 0.6) is 0 Å². The van der Waals surface area contributed by atoms with Gasteiger partial charge in [0, 0.05) is 22.1 Å². The highest BCUT2D eigenvalue weighted by atomic mass is 16.3. The fraction of sp³-hybridized carbons (Fsp3) is 0. The minimum absolute atomic E-state index is 0.891. The molecule has 1 aromatic heterocycles. The Morgan fingerprint density at radius 1 is 0.395 bits per heavy atom. The molecule has 0 N–H and O–H groups in total. The maximum atomic E-state index is 6.45. The van der Waals surface area contributed by atoms with E-state index in [2.05, 4.69) is 132 Å². The van der Waals surface area contributed by atoms with Gasteiger partial charge in [0.1, 0.15) is 5.58 Å². The zero-order valence-corrected chi connectivity index (χ0v) is 20.6. The largest absolute Gasteiger partial charge is 0.454 e. The monoisotopic (exact) mass is 485 g/mol. The van der Waals surface area contributed by atoms with E-state index in [4.69, 9.17) is 4.42 Å². The van der Waals surface area contributed by atoms with Crippen LogP contribution in [0.1, 0.15) is 0 Å². The molecule has 2 heteroatoms. The van der Waals surface area contributed by atoms with Crippen LogP contribution in [0.25, 0.3) is 54.3 Å². The van der Waals surface area contributed by atoms with Gasteiger partial charge in [0.2, 0.25) is 0 Å². The summed E-state index contributed by atoms with van der Waals surface area (Å²) >= 11 is 0. The van der Waals surface area contributed by atoms with Crippen molar-refractivity contribution < 1.29 is 4.42 Å². The number of hydrogen-bond acceptors (Lipinski definition) is 2. The SMILES string of the molecule is c1ccc(N(c2ccc3c(ccc4c5ccccc5ccc34)c2)c2cccc3c2oc2ccccc23)cc1. The molecule has 0 unspecified atom stereocenters. The van der Waals surface area contributed by atoms with Gasteiger partial charge in [0.25, 0.3) is 0 Å². The summed E-state index contributed by atoms with van der Waals surface area (Å²) < 4.78 is 6.45. The van der Waals surface area contributed by atoms with Crippen molar-refractivity contribution in [2.24, 2.45) is 0 Å². The first-order chi connectivity index (χ1) is 18.8. The molecule has 1 heterocycles. The average Bonchev–Trinajstić information content (AvgIpc) is 3.37. The van der Waals surface area contributed by atoms with Gasteiger partial charge in [-0.1, -0.05) is 103 Å².